The maximum Gasteiger partial charge on any atom is 0.0547 e. The molecule has 0 N–H and O–H groups in total. The highest BCUT2D eigenvalue weighted by Gasteiger charge is 2.38. The second-order valence-electron chi connectivity index (χ2n) is 16.4. The largest absolute Gasteiger partial charge is 0.309 e. The van der Waals surface area contributed by atoms with E-state index in [1.165, 1.54) is 88.3 Å². The molecule has 0 saturated carbocycles. The van der Waals surface area contributed by atoms with Crippen LogP contribution in [0.4, 0.5) is 17.1 Å². The number of benzene rings is 10. The Hall–Kier alpha value is -7.48. The van der Waals surface area contributed by atoms with Crippen molar-refractivity contribution in [3.63, 3.8) is 0 Å². The summed E-state index contributed by atoms with van der Waals surface area (Å²) in [5.41, 5.74) is 18.1. The van der Waals surface area contributed by atoms with Crippen molar-refractivity contribution in [3.05, 3.63) is 236 Å². The average Bonchev–Trinajstić information content (AvgIpc) is 3.55. The minimum Gasteiger partial charge on any atom is -0.309 e. The van der Waals surface area contributed by atoms with Crippen LogP contribution in [0, 0.1) is 0 Å². The second-order valence-corrected chi connectivity index (χ2v) is 16.4. The van der Waals surface area contributed by atoms with E-state index in [4.69, 9.17) is 0 Å². The van der Waals surface area contributed by atoms with Gasteiger partial charge in [-0.05, 0) is 90.0 Å². The number of anilines is 3. The highest BCUT2D eigenvalue weighted by Crippen LogP contribution is 2.56. The Morgan fingerprint density at radius 1 is 0.317 bits per heavy atom. The van der Waals surface area contributed by atoms with Crippen molar-refractivity contribution in [2.45, 2.75) is 19.3 Å². The molecule has 11 rings (SSSR count). The zero-order valence-electron chi connectivity index (χ0n) is 33.8. The molecule has 0 bridgehead atoms. The van der Waals surface area contributed by atoms with Crippen LogP contribution in [0.2, 0.25) is 0 Å². The van der Waals surface area contributed by atoms with Crippen LogP contribution < -0.4 is 4.90 Å². The van der Waals surface area contributed by atoms with Gasteiger partial charge in [0, 0.05) is 21.9 Å². The number of rotatable bonds is 7. The van der Waals surface area contributed by atoms with Crippen LogP contribution in [0.3, 0.4) is 0 Å². The summed E-state index contributed by atoms with van der Waals surface area (Å²) in [7, 11) is 0. The Bertz CT molecular complexity index is 3230. The van der Waals surface area contributed by atoms with Gasteiger partial charge in [-0.1, -0.05) is 220 Å². The minimum atomic E-state index is -0.191. The summed E-state index contributed by atoms with van der Waals surface area (Å²) in [4.78, 5) is 2.57. The Morgan fingerprint density at radius 3 is 1.55 bits per heavy atom. The van der Waals surface area contributed by atoms with Crippen LogP contribution in [0.15, 0.2) is 224 Å². The first kappa shape index (κ1) is 35.7. The lowest BCUT2D eigenvalue weighted by Crippen LogP contribution is -2.17. The average molecular weight is 766 g/mol. The number of hydrogen-bond acceptors (Lipinski definition) is 1. The maximum absolute atomic E-state index is 2.57. The van der Waals surface area contributed by atoms with Gasteiger partial charge in [0.2, 0.25) is 0 Å². The van der Waals surface area contributed by atoms with E-state index in [0.717, 1.165) is 17.1 Å². The molecule has 60 heavy (non-hydrogen) atoms. The maximum atomic E-state index is 2.57. The molecular weight excluding hydrogens is 723 g/mol. The number of fused-ring (bicyclic) bond motifs is 6. The minimum absolute atomic E-state index is 0.191. The van der Waals surface area contributed by atoms with Gasteiger partial charge in [-0.3, -0.25) is 0 Å². The fourth-order valence-electron chi connectivity index (χ4n) is 10.0. The van der Waals surface area contributed by atoms with E-state index in [0.29, 0.717) is 0 Å². The molecular formula is C59H43N. The predicted molar refractivity (Wildman–Crippen MR) is 255 cm³/mol. The zero-order chi connectivity index (χ0) is 40.2. The van der Waals surface area contributed by atoms with Crippen molar-refractivity contribution in [1.82, 2.24) is 0 Å². The van der Waals surface area contributed by atoms with Crippen molar-refractivity contribution < 1.29 is 0 Å². The Morgan fingerprint density at radius 2 is 0.800 bits per heavy atom. The molecule has 0 radical (unpaired) electrons. The van der Waals surface area contributed by atoms with Crippen molar-refractivity contribution in [1.29, 1.82) is 0 Å². The first-order valence-corrected chi connectivity index (χ1v) is 20.9. The molecule has 0 aliphatic heterocycles. The van der Waals surface area contributed by atoms with Crippen LogP contribution >= 0.6 is 0 Å². The first-order chi connectivity index (χ1) is 29.6. The quantitative estimate of drug-likeness (QED) is 0.146. The number of hydrogen-bond donors (Lipinski definition) is 0. The van der Waals surface area contributed by atoms with Crippen LogP contribution in [0.5, 0.6) is 0 Å². The Balaban J connectivity index is 1.28. The van der Waals surface area contributed by atoms with E-state index in [-0.39, 0.29) is 5.41 Å². The topological polar surface area (TPSA) is 3.24 Å². The van der Waals surface area contributed by atoms with E-state index in [1.807, 2.05) is 0 Å². The summed E-state index contributed by atoms with van der Waals surface area (Å²) in [6.07, 6.45) is 0. The molecule has 0 unspecified atom stereocenters. The molecule has 0 amide bonds. The van der Waals surface area contributed by atoms with Gasteiger partial charge in [0.25, 0.3) is 0 Å². The fraction of sp³-hybridized carbons (Fsp3) is 0.0508. The highest BCUT2D eigenvalue weighted by atomic mass is 15.1. The van der Waals surface area contributed by atoms with Gasteiger partial charge in [-0.2, -0.15) is 0 Å². The standard InChI is InChI=1S/C59H43N/c1-59(2)53-36-17-15-29-47(53)51-34-19-35-52(58(51)59)49-31-16-18-37-54(49)60(56-39-42-25-9-10-27-44(42)46-28-12-13-30-48(46)56)55-38-20-33-45(41-23-7-4-8-24-41)57(55)50-32-14-11-26-43(50)40-21-5-3-6-22-40/h3-39H,1-2H3. The molecule has 1 nitrogen and oxygen atoms in total. The summed E-state index contributed by atoms with van der Waals surface area (Å²) >= 11 is 0. The molecule has 0 fully saturated rings. The van der Waals surface area contributed by atoms with Gasteiger partial charge in [0.05, 0.1) is 17.1 Å². The monoisotopic (exact) mass is 765 g/mol. The van der Waals surface area contributed by atoms with Gasteiger partial charge in [-0.15, -0.1) is 0 Å². The normalized spacial score (nSPS) is 12.6. The summed E-state index contributed by atoms with van der Waals surface area (Å²) in [5.74, 6) is 0. The molecule has 10 aromatic rings. The summed E-state index contributed by atoms with van der Waals surface area (Å²) < 4.78 is 0. The molecule has 1 aliphatic carbocycles. The van der Waals surface area contributed by atoms with Gasteiger partial charge in [0.15, 0.2) is 0 Å². The summed E-state index contributed by atoms with van der Waals surface area (Å²) in [6.45, 7) is 4.78. The molecule has 0 heterocycles. The second kappa shape index (κ2) is 14.4. The Kier molecular flexibility index (Phi) is 8.57. The van der Waals surface area contributed by atoms with Crippen LogP contribution in [-0.2, 0) is 5.41 Å². The molecule has 1 aliphatic rings. The van der Waals surface area contributed by atoms with E-state index < -0.39 is 0 Å². The zero-order valence-corrected chi connectivity index (χ0v) is 33.8. The van der Waals surface area contributed by atoms with Crippen molar-refractivity contribution in [3.8, 4) is 55.6 Å². The smallest absolute Gasteiger partial charge is 0.0547 e. The lowest BCUT2D eigenvalue weighted by Gasteiger charge is -2.33. The van der Waals surface area contributed by atoms with Gasteiger partial charge >= 0.3 is 0 Å². The van der Waals surface area contributed by atoms with Crippen LogP contribution in [-0.4, -0.2) is 0 Å². The molecule has 1 heteroatoms. The van der Waals surface area contributed by atoms with E-state index >= 15 is 0 Å². The number of nitrogens with zero attached hydrogens (tertiary/aromatic N) is 1. The van der Waals surface area contributed by atoms with Gasteiger partial charge in [0.1, 0.15) is 0 Å². The van der Waals surface area contributed by atoms with Crippen LogP contribution in [0.1, 0.15) is 25.0 Å². The molecule has 284 valence electrons. The van der Waals surface area contributed by atoms with Crippen molar-refractivity contribution in [2.75, 3.05) is 4.90 Å². The molecule has 10 aromatic carbocycles. The van der Waals surface area contributed by atoms with E-state index in [2.05, 4.69) is 243 Å². The van der Waals surface area contributed by atoms with Crippen molar-refractivity contribution >= 4 is 38.6 Å². The van der Waals surface area contributed by atoms with Crippen molar-refractivity contribution in [2.24, 2.45) is 0 Å². The Labute approximate surface area is 352 Å². The van der Waals surface area contributed by atoms with Gasteiger partial charge in [-0.25, -0.2) is 0 Å². The predicted octanol–water partition coefficient (Wildman–Crippen LogP) is 16.4. The number of para-hydroxylation sites is 1. The lowest BCUT2D eigenvalue weighted by molar-refractivity contribution is 0.662. The third kappa shape index (κ3) is 5.69. The third-order valence-electron chi connectivity index (χ3n) is 12.7. The first-order valence-electron chi connectivity index (χ1n) is 20.9. The fourth-order valence-corrected chi connectivity index (χ4v) is 10.0. The lowest BCUT2D eigenvalue weighted by atomic mass is 9.78. The molecule has 0 atom stereocenters. The summed E-state index contributed by atoms with van der Waals surface area (Å²) in [5, 5.41) is 4.88. The molecule has 0 saturated heterocycles. The van der Waals surface area contributed by atoms with E-state index in [1.54, 1.807) is 0 Å². The third-order valence-corrected chi connectivity index (χ3v) is 12.7. The summed E-state index contributed by atoms with van der Waals surface area (Å²) in [6, 6.07) is 82.6. The molecule has 0 aromatic heterocycles. The SMILES string of the molecule is CC1(C)c2ccccc2-c2cccc(-c3ccccc3N(c3cccc(-c4ccccc4)c3-c3ccccc3-c3ccccc3)c3cc4ccccc4c4ccccc34)c21. The van der Waals surface area contributed by atoms with E-state index in [9.17, 15) is 0 Å². The molecule has 0 spiro atoms. The highest BCUT2D eigenvalue weighted by molar-refractivity contribution is 6.16. The van der Waals surface area contributed by atoms with Crippen LogP contribution in [0.25, 0.3) is 77.2 Å². The van der Waals surface area contributed by atoms with Gasteiger partial charge < -0.3 is 4.90 Å².